The maximum Gasteiger partial charge on any atom is 0.243 e. The number of rotatable bonds is 8. The number of nitrogens with one attached hydrogen (secondary N) is 1. The first-order valence-electron chi connectivity index (χ1n) is 6.51. The highest BCUT2D eigenvalue weighted by Crippen LogP contribution is 2.23. The molecule has 0 aromatic heterocycles. The van der Waals surface area contributed by atoms with Crippen LogP contribution in [0.15, 0.2) is 35.7 Å². The van der Waals surface area contributed by atoms with Crippen LogP contribution in [0.4, 0.5) is 0 Å². The van der Waals surface area contributed by atoms with E-state index in [1.54, 1.807) is 31.3 Å². The maximum atomic E-state index is 12.6. The molecular formula is C14H21ClN2O2S. The average Bonchev–Trinajstić information content (AvgIpc) is 2.41. The van der Waals surface area contributed by atoms with Crippen LogP contribution >= 0.6 is 11.6 Å². The molecule has 0 saturated heterocycles. The molecule has 4 nitrogen and oxygen atoms in total. The second-order valence-corrected chi connectivity index (χ2v) is 6.78. The Bertz CT molecular complexity index is 558. The van der Waals surface area contributed by atoms with E-state index < -0.39 is 10.0 Å². The summed E-state index contributed by atoms with van der Waals surface area (Å²) >= 11 is 6.06. The average molecular weight is 317 g/mol. The molecule has 1 aromatic rings. The zero-order valence-corrected chi connectivity index (χ0v) is 13.5. The zero-order chi connectivity index (χ0) is 15.2. The summed E-state index contributed by atoms with van der Waals surface area (Å²) in [4.78, 5) is 0.266. The standard InChI is InChI=1S/C14H21ClN2O2S/c1-4-8-17(9-5-2)20(18,19)13-6-7-14(15)12(10-13)11-16-3/h4,6-7,10,16H,1,5,8-9,11H2,2-3H3. The van der Waals surface area contributed by atoms with E-state index in [4.69, 9.17) is 11.6 Å². The van der Waals surface area contributed by atoms with E-state index in [0.717, 1.165) is 12.0 Å². The van der Waals surface area contributed by atoms with Gasteiger partial charge in [0.2, 0.25) is 10.0 Å². The van der Waals surface area contributed by atoms with E-state index in [2.05, 4.69) is 11.9 Å². The number of nitrogens with zero attached hydrogens (tertiary/aromatic N) is 1. The third kappa shape index (κ3) is 4.06. The van der Waals surface area contributed by atoms with Gasteiger partial charge in [-0.25, -0.2) is 8.42 Å². The molecule has 20 heavy (non-hydrogen) atoms. The van der Waals surface area contributed by atoms with Crippen LogP contribution in [-0.2, 0) is 16.6 Å². The summed E-state index contributed by atoms with van der Waals surface area (Å²) in [5.74, 6) is 0. The van der Waals surface area contributed by atoms with Gasteiger partial charge < -0.3 is 5.32 Å². The minimum atomic E-state index is -3.51. The highest BCUT2D eigenvalue weighted by Gasteiger charge is 2.23. The van der Waals surface area contributed by atoms with Crippen LogP contribution in [0.1, 0.15) is 18.9 Å². The third-order valence-electron chi connectivity index (χ3n) is 2.83. The number of hydrogen-bond donors (Lipinski definition) is 1. The van der Waals surface area contributed by atoms with E-state index in [-0.39, 0.29) is 4.90 Å². The molecule has 0 unspecified atom stereocenters. The van der Waals surface area contributed by atoms with Crippen LogP contribution in [0.5, 0.6) is 0 Å². The molecule has 6 heteroatoms. The SMILES string of the molecule is C=CCN(CCC)S(=O)(=O)c1ccc(Cl)c(CNC)c1. The van der Waals surface area contributed by atoms with Gasteiger partial charge in [0, 0.05) is 24.7 Å². The minimum absolute atomic E-state index is 0.266. The van der Waals surface area contributed by atoms with Crippen molar-refractivity contribution in [2.24, 2.45) is 0 Å². The van der Waals surface area contributed by atoms with E-state index in [1.165, 1.54) is 4.31 Å². The first kappa shape index (κ1) is 17.2. The molecule has 1 rings (SSSR count). The van der Waals surface area contributed by atoms with Gasteiger partial charge >= 0.3 is 0 Å². The highest BCUT2D eigenvalue weighted by molar-refractivity contribution is 7.89. The van der Waals surface area contributed by atoms with Gasteiger partial charge in [0.1, 0.15) is 0 Å². The summed E-state index contributed by atoms with van der Waals surface area (Å²) in [6, 6.07) is 4.79. The number of halogens is 1. The summed E-state index contributed by atoms with van der Waals surface area (Å²) in [7, 11) is -1.72. The van der Waals surface area contributed by atoms with Crippen molar-refractivity contribution in [1.82, 2.24) is 9.62 Å². The van der Waals surface area contributed by atoms with Gasteiger partial charge in [-0.1, -0.05) is 24.6 Å². The fraction of sp³-hybridized carbons (Fsp3) is 0.429. The Hall–Kier alpha value is -0.880. The van der Waals surface area contributed by atoms with E-state index in [0.29, 0.717) is 24.7 Å². The van der Waals surface area contributed by atoms with Crippen LogP contribution in [0, 0.1) is 0 Å². The Kier molecular flexibility index (Phi) is 6.68. The predicted octanol–water partition coefficient (Wildman–Crippen LogP) is 2.65. The molecule has 0 radical (unpaired) electrons. The summed E-state index contributed by atoms with van der Waals surface area (Å²) in [5, 5.41) is 3.53. The maximum absolute atomic E-state index is 12.6. The van der Waals surface area contributed by atoms with Crippen LogP contribution in [0.25, 0.3) is 0 Å². The van der Waals surface area contributed by atoms with Crippen molar-refractivity contribution in [3.8, 4) is 0 Å². The Morgan fingerprint density at radius 1 is 1.45 bits per heavy atom. The third-order valence-corrected chi connectivity index (χ3v) is 5.06. The van der Waals surface area contributed by atoms with Gasteiger partial charge in [-0.2, -0.15) is 4.31 Å². The molecule has 0 bridgehead atoms. The van der Waals surface area contributed by atoms with Crippen molar-refractivity contribution in [3.63, 3.8) is 0 Å². The molecule has 0 saturated carbocycles. The van der Waals surface area contributed by atoms with Crippen molar-refractivity contribution >= 4 is 21.6 Å². The highest BCUT2D eigenvalue weighted by atomic mass is 35.5. The molecule has 0 aliphatic carbocycles. The van der Waals surface area contributed by atoms with Crippen molar-refractivity contribution in [2.75, 3.05) is 20.1 Å². The fourth-order valence-electron chi connectivity index (χ4n) is 1.89. The van der Waals surface area contributed by atoms with Gasteiger partial charge in [-0.3, -0.25) is 0 Å². The fourth-order valence-corrected chi connectivity index (χ4v) is 3.63. The van der Waals surface area contributed by atoms with Crippen molar-refractivity contribution in [2.45, 2.75) is 24.8 Å². The molecular weight excluding hydrogens is 296 g/mol. The lowest BCUT2D eigenvalue weighted by molar-refractivity contribution is 0.441. The number of benzene rings is 1. The first-order chi connectivity index (χ1) is 9.47. The van der Waals surface area contributed by atoms with Crippen LogP contribution in [0.2, 0.25) is 5.02 Å². The Balaban J connectivity index is 3.19. The molecule has 0 atom stereocenters. The molecule has 0 aliphatic heterocycles. The van der Waals surface area contributed by atoms with E-state index >= 15 is 0 Å². The minimum Gasteiger partial charge on any atom is -0.316 e. The molecule has 1 aromatic carbocycles. The first-order valence-corrected chi connectivity index (χ1v) is 8.33. The van der Waals surface area contributed by atoms with Crippen LogP contribution in [0.3, 0.4) is 0 Å². The Labute approximate surface area is 126 Å². The summed E-state index contributed by atoms with van der Waals surface area (Å²) < 4.78 is 26.6. The number of sulfonamides is 1. The topological polar surface area (TPSA) is 49.4 Å². The second kappa shape index (κ2) is 7.78. The largest absolute Gasteiger partial charge is 0.316 e. The van der Waals surface area contributed by atoms with Crippen LogP contribution in [-0.4, -0.2) is 32.9 Å². The van der Waals surface area contributed by atoms with E-state index in [9.17, 15) is 8.42 Å². The predicted molar refractivity (Wildman–Crippen MR) is 83.5 cm³/mol. The zero-order valence-electron chi connectivity index (χ0n) is 11.9. The molecule has 1 N–H and O–H groups in total. The van der Waals surface area contributed by atoms with Gasteiger partial charge in [0.15, 0.2) is 0 Å². The Morgan fingerprint density at radius 3 is 2.70 bits per heavy atom. The molecule has 0 spiro atoms. The van der Waals surface area contributed by atoms with Gasteiger partial charge in [-0.05, 0) is 37.2 Å². The summed E-state index contributed by atoms with van der Waals surface area (Å²) in [6.45, 7) is 6.86. The smallest absolute Gasteiger partial charge is 0.243 e. The molecule has 0 amide bonds. The lowest BCUT2D eigenvalue weighted by Crippen LogP contribution is -2.32. The molecule has 0 fully saturated rings. The lowest BCUT2D eigenvalue weighted by Gasteiger charge is -2.20. The van der Waals surface area contributed by atoms with Crippen molar-refractivity contribution in [3.05, 3.63) is 41.4 Å². The molecule has 0 heterocycles. The van der Waals surface area contributed by atoms with Gasteiger partial charge in [0.25, 0.3) is 0 Å². The van der Waals surface area contributed by atoms with Crippen LogP contribution < -0.4 is 5.32 Å². The lowest BCUT2D eigenvalue weighted by atomic mass is 10.2. The van der Waals surface area contributed by atoms with E-state index in [1.807, 2.05) is 6.92 Å². The van der Waals surface area contributed by atoms with Crippen molar-refractivity contribution < 1.29 is 8.42 Å². The van der Waals surface area contributed by atoms with Gasteiger partial charge in [-0.15, -0.1) is 6.58 Å². The van der Waals surface area contributed by atoms with Crippen molar-refractivity contribution in [1.29, 1.82) is 0 Å². The quantitative estimate of drug-likeness (QED) is 0.750. The van der Waals surface area contributed by atoms with Gasteiger partial charge in [0.05, 0.1) is 4.90 Å². The monoisotopic (exact) mass is 316 g/mol. The number of hydrogen-bond acceptors (Lipinski definition) is 3. The Morgan fingerprint density at radius 2 is 2.15 bits per heavy atom. The normalized spacial score (nSPS) is 11.8. The second-order valence-electron chi connectivity index (χ2n) is 4.44. The summed E-state index contributed by atoms with van der Waals surface area (Å²) in [6.07, 6.45) is 2.35. The molecule has 112 valence electrons. The summed E-state index contributed by atoms with van der Waals surface area (Å²) in [5.41, 5.74) is 0.769. The molecule has 0 aliphatic rings.